The smallest absolute Gasteiger partial charge is 0.231 e. The summed E-state index contributed by atoms with van der Waals surface area (Å²) in [6, 6.07) is 15.7. The Morgan fingerprint density at radius 3 is 2.42 bits per heavy atom. The number of hydrogen-bond acceptors (Lipinski definition) is 6. The largest absolute Gasteiger partial charge is 0.497 e. The van der Waals surface area contributed by atoms with E-state index < -0.39 is 0 Å². The molecule has 1 aliphatic rings. The van der Waals surface area contributed by atoms with Crippen LogP contribution in [0.1, 0.15) is 31.8 Å². The van der Waals surface area contributed by atoms with Crippen molar-refractivity contribution in [1.82, 2.24) is 0 Å². The molecule has 168 valence electrons. The highest BCUT2D eigenvalue weighted by molar-refractivity contribution is 9.10. The second-order valence-corrected chi connectivity index (χ2v) is 8.25. The zero-order valence-corrected chi connectivity index (χ0v) is 19.9. The fourth-order valence-corrected chi connectivity index (χ4v) is 3.87. The number of carbonyl (C=O) groups excluding carboxylic acids is 2. The van der Waals surface area contributed by atoms with Gasteiger partial charge in [-0.05, 0) is 67.6 Å². The van der Waals surface area contributed by atoms with E-state index in [0.717, 1.165) is 4.47 Å². The van der Waals surface area contributed by atoms with Crippen LogP contribution in [0.3, 0.4) is 0 Å². The molecule has 0 spiro atoms. The summed E-state index contributed by atoms with van der Waals surface area (Å²) < 4.78 is 23.0. The first-order valence-corrected chi connectivity index (χ1v) is 10.9. The minimum atomic E-state index is -0.226. The molecule has 1 aliphatic heterocycles. The van der Waals surface area contributed by atoms with E-state index in [1.807, 2.05) is 12.1 Å². The molecule has 33 heavy (non-hydrogen) atoms. The lowest BCUT2D eigenvalue weighted by molar-refractivity contribution is 0.0920. The number of allylic oxidation sites excluding steroid dienone is 1. The van der Waals surface area contributed by atoms with E-state index in [1.54, 1.807) is 69.7 Å². The summed E-state index contributed by atoms with van der Waals surface area (Å²) in [4.78, 5) is 25.4. The Kier molecular flexibility index (Phi) is 6.51. The molecule has 0 amide bonds. The van der Waals surface area contributed by atoms with Crippen LogP contribution in [0.15, 0.2) is 64.8 Å². The molecule has 3 aromatic carbocycles. The summed E-state index contributed by atoms with van der Waals surface area (Å²) >= 11 is 3.43. The molecule has 0 aliphatic carbocycles. The topological polar surface area (TPSA) is 71.1 Å². The molecule has 0 atom stereocenters. The van der Waals surface area contributed by atoms with Gasteiger partial charge in [-0.25, -0.2) is 0 Å². The van der Waals surface area contributed by atoms with E-state index in [1.165, 1.54) is 0 Å². The van der Waals surface area contributed by atoms with E-state index in [-0.39, 0.29) is 23.9 Å². The predicted molar refractivity (Wildman–Crippen MR) is 128 cm³/mol. The third kappa shape index (κ3) is 4.64. The van der Waals surface area contributed by atoms with Gasteiger partial charge in [-0.2, -0.15) is 0 Å². The Labute approximate surface area is 199 Å². The Hall–Kier alpha value is -3.58. The van der Waals surface area contributed by atoms with Gasteiger partial charge in [0.15, 0.2) is 18.1 Å². The highest BCUT2D eigenvalue weighted by Gasteiger charge is 2.30. The summed E-state index contributed by atoms with van der Waals surface area (Å²) in [5.74, 6) is 1.99. The first kappa shape index (κ1) is 22.6. The fourth-order valence-electron chi connectivity index (χ4n) is 3.49. The van der Waals surface area contributed by atoms with E-state index in [0.29, 0.717) is 45.3 Å². The number of benzene rings is 3. The van der Waals surface area contributed by atoms with Crippen LogP contribution in [-0.4, -0.2) is 32.4 Å². The van der Waals surface area contributed by atoms with Crippen molar-refractivity contribution in [3.05, 3.63) is 87.1 Å². The second kappa shape index (κ2) is 9.50. The number of hydrogen-bond donors (Lipinski definition) is 0. The Bertz CT molecular complexity index is 1260. The minimum Gasteiger partial charge on any atom is -0.497 e. The molecule has 7 heteroatoms. The average Bonchev–Trinajstić information content (AvgIpc) is 3.14. The van der Waals surface area contributed by atoms with Crippen molar-refractivity contribution in [1.29, 1.82) is 0 Å². The molecule has 4 rings (SSSR count). The van der Waals surface area contributed by atoms with Crippen molar-refractivity contribution in [2.75, 3.05) is 20.8 Å². The summed E-state index contributed by atoms with van der Waals surface area (Å²) in [5.41, 5.74) is 2.33. The van der Waals surface area contributed by atoms with Crippen molar-refractivity contribution < 1.29 is 28.5 Å². The van der Waals surface area contributed by atoms with Crippen LogP contribution >= 0.6 is 15.9 Å². The zero-order chi connectivity index (χ0) is 23.5. The minimum absolute atomic E-state index is 0.141. The van der Waals surface area contributed by atoms with Crippen molar-refractivity contribution in [3.63, 3.8) is 0 Å². The zero-order valence-electron chi connectivity index (χ0n) is 18.3. The van der Waals surface area contributed by atoms with E-state index in [9.17, 15) is 9.59 Å². The van der Waals surface area contributed by atoms with E-state index in [2.05, 4.69) is 15.9 Å². The molecular formula is C26H21BrO6. The lowest BCUT2D eigenvalue weighted by atomic mass is 10.1. The average molecular weight is 509 g/mol. The molecular weight excluding hydrogens is 488 g/mol. The normalized spacial score (nSPS) is 13.5. The Balaban J connectivity index is 1.53. The van der Waals surface area contributed by atoms with Crippen LogP contribution in [0.2, 0.25) is 0 Å². The number of fused-ring (bicyclic) bond motifs is 1. The molecule has 0 N–H and O–H groups in total. The quantitative estimate of drug-likeness (QED) is 0.303. The predicted octanol–water partition coefficient (Wildman–Crippen LogP) is 5.65. The van der Waals surface area contributed by atoms with Gasteiger partial charge in [-0.15, -0.1) is 0 Å². The highest BCUT2D eigenvalue weighted by atomic mass is 79.9. The van der Waals surface area contributed by atoms with Gasteiger partial charge in [0.1, 0.15) is 23.0 Å². The van der Waals surface area contributed by atoms with Crippen molar-refractivity contribution >= 4 is 33.6 Å². The van der Waals surface area contributed by atoms with Gasteiger partial charge in [0, 0.05) is 21.2 Å². The molecule has 0 fully saturated rings. The Morgan fingerprint density at radius 2 is 1.73 bits per heavy atom. The number of ketones is 2. The van der Waals surface area contributed by atoms with Gasteiger partial charge in [-0.3, -0.25) is 9.59 Å². The van der Waals surface area contributed by atoms with Crippen LogP contribution < -0.4 is 18.9 Å². The second-order valence-electron chi connectivity index (χ2n) is 7.33. The molecule has 0 aromatic heterocycles. The van der Waals surface area contributed by atoms with Gasteiger partial charge in [0.2, 0.25) is 5.78 Å². The van der Waals surface area contributed by atoms with Crippen LogP contribution in [-0.2, 0) is 0 Å². The van der Waals surface area contributed by atoms with Crippen LogP contribution in [0.25, 0.3) is 6.08 Å². The third-order valence-corrected chi connectivity index (χ3v) is 5.78. The van der Waals surface area contributed by atoms with Crippen molar-refractivity contribution in [2.24, 2.45) is 0 Å². The molecule has 0 saturated carbocycles. The maximum atomic E-state index is 12.9. The summed E-state index contributed by atoms with van der Waals surface area (Å²) in [5, 5.41) is 0. The van der Waals surface area contributed by atoms with Gasteiger partial charge >= 0.3 is 0 Å². The lowest BCUT2D eigenvalue weighted by Crippen LogP contribution is -2.12. The molecule has 0 bridgehead atoms. The molecule has 3 aromatic rings. The number of Topliss-reactive ketones (excluding diaryl/α,β-unsaturated/α-hetero) is 2. The first-order valence-electron chi connectivity index (χ1n) is 10.1. The molecule has 0 radical (unpaired) electrons. The molecule has 6 nitrogen and oxygen atoms in total. The maximum absolute atomic E-state index is 12.9. The van der Waals surface area contributed by atoms with Crippen LogP contribution in [0.5, 0.6) is 23.0 Å². The first-order chi connectivity index (χ1) is 15.9. The highest BCUT2D eigenvalue weighted by Crippen LogP contribution is 2.40. The number of carbonyl (C=O) groups is 2. The lowest BCUT2D eigenvalue weighted by Gasteiger charge is -2.11. The number of rotatable bonds is 7. The molecule has 1 heterocycles. The Morgan fingerprint density at radius 1 is 1.00 bits per heavy atom. The van der Waals surface area contributed by atoms with Gasteiger partial charge in [0.25, 0.3) is 0 Å². The van der Waals surface area contributed by atoms with Crippen LogP contribution in [0.4, 0.5) is 0 Å². The fraction of sp³-hybridized carbons (Fsp3) is 0.154. The monoisotopic (exact) mass is 508 g/mol. The van der Waals surface area contributed by atoms with E-state index in [4.69, 9.17) is 18.9 Å². The summed E-state index contributed by atoms with van der Waals surface area (Å²) in [7, 11) is 3.14. The van der Waals surface area contributed by atoms with E-state index >= 15 is 0 Å². The summed E-state index contributed by atoms with van der Waals surface area (Å²) in [6.07, 6.45) is 1.65. The van der Waals surface area contributed by atoms with Crippen LogP contribution in [0, 0.1) is 6.92 Å². The number of ether oxygens (including phenoxy) is 4. The number of halogens is 1. The molecule has 0 unspecified atom stereocenters. The van der Waals surface area contributed by atoms with Gasteiger partial charge in [0.05, 0.1) is 19.8 Å². The number of methoxy groups -OCH3 is 2. The maximum Gasteiger partial charge on any atom is 0.231 e. The van der Waals surface area contributed by atoms with Gasteiger partial charge < -0.3 is 18.9 Å². The van der Waals surface area contributed by atoms with Crippen molar-refractivity contribution in [2.45, 2.75) is 6.92 Å². The SMILES string of the molecule is COc1ccc(C(=O)COc2ccc3c(c2C)O/C(=C\c2cc(Br)ccc2OC)C3=O)cc1. The standard InChI is InChI=1S/C26H21BrO6/c1-15-22(32-14-21(28)16-4-7-19(30-2)8-5-16)11-9-20-25(29)24(33-26(15)20)13-17-12-18(27)6-10-23(17)31-3/h4-13H,14H2,1-3H3/b24-13-. The molecule has 0 saturated heterocycles. The van der Waals surface area contributed by atoms with Gasteiger partial charge in [-0.1, -0.05) is 15.9 Å². The third-order valence-electron chi connectivity index (χ3n) is 5.29. The van der Waals surface area contributed by atoms with Crippen molar-refractivity contribution in [3.8, 4) is 23.0 Å². The summed E-state index contributed by atoms with van der Waals surface area (Å²) in [6.45, 7) is 1.65.